The minimum Gasteiger partial charge on any atom is -0.458 e. The van der Waals surface area contributed by atoms with E-state index in [9.17, 15) is 4.79 Å². The molecule has 6 heteroatoms. The molecule has 0 spiro atoms. The maximum absolute atomic E-state index is 11.9. The van der Waals surface area contributed by atoms with E-state index in [0.29, 0.717) is 30.2 Å². The van der Waals surface area contributed by atoms with Crippen LogP contribution in [0.2, 0.25) is 0 Å². The molecule has 106 valence electrons. The lowest BCUT2D eigenvalue weighted by Crippen LogP contribution is -2.19. The second-order valence-electron chi connectivity index (χ2n) is 4.79. The Balaban J connectivity index is 1.77. The van der Waals surface area contributed by atoms with Gasteiger partial charge >= 0.3 is 5.97 Å². The van der Waals surface area contributed by atoms with E-state index in [-0.39, 0.29) is 12.6 Å². The first-order valence-electron chi connectivity index (χ1n) is 6.28. The molecule has 0 saturated carbocycles. The molecule has 1 aromatic heterocycles. The van der Waals surface area contributed by atoms with Crippen LogP contribution in [0.25, 0.3) is 11.0 Å². The Morgan fingerprint density at radius 2 is 2.00 bits per heavy atom. The number of furan rings is 1. The molecule has 2 aromatic rings. The van der Waals surface area contributed by atoms with Crippen molar-refractivity contribution < 1.29 is 23.4 Å². The lowest BCUT2D eigenvalue weighted by Gasteiger charge is -2.08. The van der Waals surface area contributed by atoms with E-state index in [2.05, 4.69) is 0 Å². The second-order valence-corrected chi connectivity index (χ2v) is 4.79. The van der Waals surface area contributed by atoms with E-state index in [1.54, 1.807) is 18.2 Å². The summed E-state index contributed by atoms with van der Waals surface area (Å²) in [5.41, 5.74) is 0.578. The molecule has 0 N–H and O–H groups in total. The summed E-state index contributed by atoms with van der Waals surface area (Å²) in [6.45, 7) is 1.20. The number of hydrogen-bond donors (Lipinski definition) is 0. The highest BCUT2D eigenvalue weighted by atomic mass is 16.7. The third-order valence-corrected chi connectivity index (χ3v) is 2.98. The summed E-state index contributed by atoms with van der Waals surface area (Å²) >= 11 is 0. The molecule has 0 aliphatic carbocycles. The van der Waals surface area contributed by atoms with Crippen LogP contribution in [-0.4, -0.2) is 44.9 Å². The standard InChI is InChI=1S/C14H15NO5/c1-15(2)3-4-17-14(16)13-6-9-5-11-12(19-8-18-11)7-10(9)20-13/h5-7H,3-4,8H2,1-2H3. The van der Waals surface area contributed by atoms with Crippen molar-refractivity contribution in [2.75, 3.05) is 34.0 Å². The molecule has 3 rings (SSSR count). The van der Waals surface area contributed by atoms with Gasteiger partial charge in [0.2, 0.25) is 12.6 Å². The fraction of sp³-hybridized carbons (Fsp3) is 0.357. The molecule has 0 amide bonds. The van der Waals surface area contributed by atoms with Gasteiger partial charge in [0.05, 0.1) is 0 Å². The fourth-order valence-electron chi connectivity index (χ4n) is 1.92. The summed E-state index contributed by atoms with van der Waals surface area (Å²) < 4.78 is 21.2. The van der Waals surface area contributed by atoms with E-state index >= 15 is 0 Å². The van der Waals surface area contributed by atoms with Crippen molar-refractivity contribution in [1.82, 2.24) is 4.90 Å². The van der Waals surface area contributed by atoms with Gasteiger partial charge in [-0.2, -0.15) is 0 Å². The van der Waals surface area contributed by atoms with Crippen molar-refractivity contribution in [3.05, 3.63) is 24.0 Å². The SMILES string of the molecule is CN(C)CCOC(=O)c1cc2cc3c(cc2o1)OCO3. The highest BCUT2D eigenvalue weighted by Gasteiger charge is 2.19. The highest BCUT2D eigenvalue weighted by molar-refractivity contribution is 5.93. The molecule has 0 saturated heterocycles. The minimum absolute atomic E-state index is 0.183. The Hall–Kier alpha value is -2.21. The number of carbonyl (C=O) groups is 1. The summed E-state index contributed by atoms with van der Waals surface area (Å²) in [6, 6.07) is 5.15. The first kappa shape index (κ1) is 12.8. The third-order valence-electron chi connectivity index (χ3n) is 2.98. The molecule has 1 aliphatic heterocycles. The lowest BCUT2D eigenvalue weighted by molar-refractivity contribution is 0.0448. The largest absolute Gasteiger partial charge is 0.458 e. The predicted octanol–water partition coefficient (Wildman–Crippen LogP) is 1.88. The molecule has 0 bridgehead atoms. The van der Waals surface area contributed by atoms with Gasteiger partial charge in [0, 0.05) is 18.0 Å². The zero-order valence-corrected chi connectivity index (χ0v) is 11.3. The van der Waals surface area contributed by atoms with E-state index in [1.165, 1.54) is 0 Å². The molecule has 0 radical (unpaired) electrons. The summed E-state index contributed by atoms with van der Waals surface area (Å²) in [7, 11) is 3.83. The summed E-state index contributed by atoms with van der Waals surface area (Å²) in [5.74, 6) is 0.998. The highest BCUT2D eigenvalue weighted by Crippen LogP contribution is 2.37. The number of fused-ring (bicyclic) bond motifs is 2. The number of carbonyl (C=O) groups excluding carboxylic acids is 1. The molecule has 20 heavy (non-hydrogen) atoms. The first-order valence-corrected chi connectivity index (χ1v) is 6.28. The van der Waals surface area contributed by atoms with Crippen LogP contribution >= 0.6 is 0 Å². The van der Waals surface area contributed by atoms with Crippen LogP contribution in [0, 0.1) is 0 Å². The number of nitrogens with zero attached hydrogens (tertiary/aromatic N) is 1. The lowest BCUT2D eigenvalue weighted by atomic mass is 10.2. The fourth-order valence-corrected chi connectivity index (χ4v) is 1.92. The Bertz CT molecular complexity index is 605. The van der Waals surface area contributed by atoms with Crippen molar-refractivity contribution in [2.24, 2.45) is 0 Å². The van der Waals surface area contributed by atoms with E-state index in [0.717, 1.165) is 5.39 Å². The number of benzene rings is 1. The van der Waals surface area contributed by atoms with Crippen LogP contribution in [0.1, 0.15) is 10.6 Å². The Kier molecular flexibility index (Phi) is 3.23. The smallest absolute Gasteiger partial charge is 0.374 e. The van der Waals surface area contributed by atoms with E-state index < -0.39 is 5.97 Å². The van der Waals surface area contributed by atoms with Crippen molar-refractivity contribution in [3.8, 4) is 11.5 Å². The van der Waals surface area contributed by atoms with Gasteiger partial charge < -0.3 is 23.5 Å². The summed E-state index contributed by atoms with van der Waals surface area (Å²) in [6.07, 6.45) is 0. The number of likely N-dealkylation sites (N-methyl/N-ethyl adjacent to an activating group) is 1. The molecule has 0 atom stereocenters. The van der Waals surface area contributed by atoms with E-state index in [1.807, 2.05) is 19.0 Å². The second kappa shape index (κ2) is 5.05. The van der Waals surface area contributed by atoms with Crippen LogP contribution in [0.15, 0.2) is 22.6 Å². The van der Waals surface area contributed by atoms with Gasteiger partial charge in [0.15, 0.2) is 11.5 Å². The molecule has 1 aliphatic rings. The Morgan fingerprint density at radius 3 is 2.75 bits per heavy atom. The van der Waals surface area contributed by atoms with Crippen LogP contribution in [0.4, 0.5) is 0 Å². The van der Waals surface area contributed by atoms with Crippen LogP contribution in [-0.2, 0) is 4.74 Å². The molecule has 0 unspecified atom stereocenters. The van der Waals surface area contributed by atoms with Gasteiger partial charge in [0.1, 0.15) is 12.2 Å². The Morgan fingerprint density at radius 1 is 1.25 bits per heavy atom. The van der Waals surface area contributed by atoms with Crippen LogP contribution in [0.5, 0.6) is 11.5 Å². The molecule has 0 fully saturated rings. The normalized spacial score (nSPS) is 13.2. The van der Waals surface area contributed by atoms with Crippen LogP contribution in [0.3, 0.4) is 0 Å². The first-order chi connectivity index (χ1) is 9.63. The molecule has 6 nitrogen and oxygen atoms in total. The van der Waals surface area contributed by atoms with Crippen LogP contribution < -0.4 is 9.47 Å². The van der Waals surface area contributed by atoms with Crippen molar-refractivity contribution in [3.63, 3.8) is 0 Å². The number of rotatable bonds is 4. The average molecular weight is 277 g/mol. The monoisotopic (exact) mass is 277 g/mol. The van der Waals surface area contributed by atoms with E-state index in [4.69, 9.17) is 18.6 Å². The molecular formula is C14H15NO5. The third kappa shape index (κ3) is 2.42. The van der Waals surface area contributed by atoms with Crippen molar-refractivity contribution in [2.45, 2.75) is 0 Å². The van der Waals surface area contributed by atoms with Gasteiger partial charge in [-0.05, 0) is 26.2 Å². The van der Waals surface area contributed by atoms with Gasteiger partial charge in [-0.3, -0.25) is 0 Å². The van der Waals surface area contributed by atoms with Gasteiger partial charge in [-0.15, -0.1) is 0 Å². The van der Waals surface area contributed by atoms with Crippen molar-refractivity contribution >= 4 is 16.9 Å². The van der Waals surface area contributed by atoms with Crippen molar-refractivity contribution in [1.29, 1.82) is 0 Å². The maximum Gasteiger partial charge on any atom is 0.374 e. The van der Waals surface area contributed by atoms with Gasteiger partial charge in [0.25, 0.3) is 0 Å². The molecular weight excluding hydrogens is 262 g/mol. The zero-order valence-electron chi connectivity index (χ0n) is 11.3. The quantitative estimate of drug-likeness (QED) is 0.795. The van der Waals surface area contributed by atoms with Gasteiger partial charge in [-0.25, -0.2) is 4.79 Å². The predicted molar refractivity (Wildman–Crippen MR) is 71.2 cm³/mol. The number of ether oxygens (including phenoxy) is 3. The number of hydrogen-bond acceptors (Lipinski definition) is 6. The summed E-state index contributed by atoms with van der Waals surface area (Å²) in [5, 5.41) is 0.786. The molecule has 1 aromatic carbocycles. The average Bonchev–Trinajstić information content (AvgIpc) is 2.99. The maximum atomic E-state index is 11.9. The molecule has 2 heterocycles. The number of esters is 1. The minimum atomic E-state index is -0.468. The zero-order chi connectivity index (χ0) is 14.1. The topological polar surface area (TPSA) is 61.1 Å². The summed E-state index contributed by atoms with van der Waals surface area (Å²) in [4.78, 5) is 13.8. The van der Waals surface area contributed by atoms with Gasteiger partial charge in [-0.1, -0.05) is 0 Å². The Labute approximate surface area is 115 Å².